The molecular weight excluding hydrogens is 436 g/mol. The molecule has 2 aromatic carbocycles. The van der Waals surface area contributed by atoms with E-state index in [1.165, 1.54) is 4.90 Å². The number of allylic oxidation sites excluding steroid dienone is 3. The minimum Gasteiger partial charge on any atom is -0.358 e. The second kappa shape index (κ2) is 7.91. The molecule has 5 heteroatoms. The van der Waals surface area contributed by atoms with Gasteiger partial charge < -0.3 is 4.90 Å². The molecule has 5 nitrogen and oxygen atoms in total. The van der Waals surface area contributed by atoms with Gasteiger partial charge in [-0.05, 0) is 74.1 Å². The van der Waals surface area contributed by atoms with Gasteiger partial charge in [0.05, 0.1) is 23.6 Å². The van der Waals surface area contributed by atoms with Gasteiger partial charge in [-0.2, -0.15) is 0 Å². The molecule has 2 unspecified atom stereocenters. The number of amides is 2. The van der Waals surface area contributed by atoms with Crippen LogP contribution in [0, 0.1) is 32.6 Å². The summed E-state index contributed by atoms with van der Waals surface area (Å²) in [4.78, 5) is 45.2. The lowest BCUT2D eigenvalue weighted by atomic mass is 9.81. The van der Waals surface area contributed by atoms with E-state index in [2.05, 4.69) is 12.2 Å². The Balaban J connectivity index is 1.48. The van der Waals surface area contributed by atoms with Gasteiger partial charge in [0, 0.05) is 11.8 Å². The monoisotopic (exact) mass is 464 g/mol. The summed E-state index contributed by atoms with van der Waals surface area (Å²) in [5.41, 5.74) is 6.51. The van der Waals surface area contributed by atoms with Crippen LogP contribution in [0.5, 0.6) is 0 Å². The van der Waals surface area contributed by atoms with Crippen molar-refractivity contribution in [3.63, 3.8) is 0 Å². The number of anilines is 1. The van der Waals surface area contributed by atoms with Gasteiger partial charge in [-0.25, -0.2) is 4.90 Å². The standard InChI is InChI=1S/C30H28N2O3/c1-17-8-11-21(12-9-17)28(33)27-25-24(26-23-7-5-4-6-20(23)14-15-31(26)27)29(34)32(30(25)35)22-13-10-18(2)19(3)16-22/h6-16,24-27H,4-5H2,1-3H3/t24-,25+,26?,27?/m0/s1. The van der Waals surface area contributed by atoms with Crippen LogP contribution in [-0.4, -0.2) is 34.6 Å². The maximum atomic E-state index is 14.0. The molecule has 1 aliphatic carbocycles. The van der Waals surface area contributed by atoms with E-state index in [-0.39, 0.29) is 23.6 Å². The van der Waals surface area contributed by atoms with Crippen LogP contribution in [0.25, 0.3) is 0 Å². The Morgan fingerprint density at radius 1 is 0.857 bits per heavy atom. The molecule has 35 heavy (non-hydrogen) atoms. The quantitative estimate of drug-likeness (QED) is 0.482. The van der Waals surface area contributed by atoms with Crippen LogP contribution < -0.4 is 4.90 Å². The second-order valence-electron chi connectivity index (χ2n) is 10.1. The van der Waals surface area contributed by atoms with E-state index in [1.807, 2.05) is 80.4 Å². The molecule has 0 N–H and O–H groups in total. The molecule has 0 saturated carbocycles. The number of Topliss-reactive ketones (excluding diaryl/α,β-unsaturated/α-hetero) is 1. The van der Waals surface area contributed by atoms with Crippen molar-refractivity contribution < 1.29 is 14.4 Å². The zero-order chi connectivity index (χ0) is 24.4. The van der Waals surface area contributed by atoms with Crippen molar-refractivity contribution in [2.45, 2.75) is 45.7 Å². The first-order valence-electron chi connectivity index (χ1n) is 12.3. The minimum atomic E-state index is -0.727. The Bertz CT molecular complexity index is 1360. The maximum Gasteiger partial charge on any atom is 0.240 e. The summed E-state index contributed by atoms with van der Waals surface area (Å²) in [6.45, 7) is 5.96. The second-order valence-corrected chi connectivity index (χ2v) is 10.1. The Kier molecular flexibility index (Phi) is 4.92. The highest BCUT2D eigenvalue weighted by atomic mass is 16.2. The lowest BCUT2D eigenvalue weighted by molar-refractivity contribution is -0.123. The fraction of sp³-hybridized carbons (Fsp3) is 0.300. The summed E-state index contributed by atoms with van der Waals surface area (Å²) in [5.74, 6) is -1.92. The van der Waals surface area contributed by atoms with E-state index < -0.39 is 17.9 Å². The van der Waals surface area contributed by atoms with Gasteiger partial charge >= 0.3 is 0 Å². The highest BCUT2D eigenvalue weighted by Crippen LogP contribution is 2.50. The minimum absolute atomic E-state index is 0.112. The molecule has 0 spiro atoms. The number of fused-ring (bicyclic) bond motifs is 5. The molecule has 4 atom stereocenters. The predicted octanol–water partition coefficient (Wildman–Crippen LogP) is 4.83. The third-order valence-electron chi connectivity index (χ3n) is 8.05. The van der Waals surface area contributed by atoms with Gasteiger partial charge in [0.15, 0.2) is 5.78 Å². The molecule has 3 aliphatic heterocycles. The molecule has 2 aromatic rings. The molecule has 4 aliphatic rings. The van der Waals surface area contributed by atoms with Crippen molar-refractivity contribution >= 4 is 23.3 Å². The van der Waals surface area contributed by atoms with Gasteiger partial charge in [0.2, 0.25) is 11.8 Å². The van der Waals surface area contributed by atoms with Crippen molar-refractivity contribution in [2.75, 3.05) is 4.90 Å². The SMILES string of the molecule is Cc1ccc(C(=O)C2[C@@H]3C(=O)N(c4ccc(C)c(C)c4)C(=O)[C@@H]3C3C4=CCCC=C4C=CN32)cc1. The van der Waals surface area contributed by atoms with E-state index in [0.717, 1.165) is 40.7 Å². The summed E-state index contributed by atoms with van der Waals surface area (Å²) in [5, 5.41) is 0. The van der Waals surface area contributed by atoms with Gasteiger partial charge in [-0.1, -0.05) is 48.0 Å². The number of hydrogen-bond donors (Lipinski definition) is 0. The third kappa shape index (κ3) is 3.18. The first-order chi connectivity index (χ1) is 16.9. The maximum absolute atomic E-state index is 14.0. The molecule has 0 radical (unpaired) electrons. The van der Waals surface area contributed by atoms with Gasteiger partial charge in [0.1, 0.15) is 6.04 Å². The molecule has 2 fully saturated rings. The van der Waals surface area contributed by atoms with Crippen molar-refractivity contribution in [1.29, 1.82) is 0 Å². The summed E-state index contributed by atoms with van der Waals surface area (Å²) in [6, 6.07) is 12.1. The van der Waals surface area contributed by atoms with E-state index in [4.69, 9.17) is 0 Å². The van der Waals surface area contributed by atoms with E-state index >= 15 is 0 Å². The highest BCUT2D eigenvalue weighted by Gasteiger charge is 2.65. The molecule has 2 saturated heterocycles. The predicted molar refractivity (Wildman–Crippen MR) is 135 cm³/mol. The number of aryl methyl sites for hydroxylation is 3. The molecular formula is C30H28N2O3. The smallest absolute Gasteiger partial charge is 0.240 e. The van der Waals surface area contributed by atoms with Crippen molar-refractivity contribution in [3.05, 3.63) is 100 Å². The summed E-state index contributed by atoms with van der Waals surface area (Å²) >= 11 is 0. The summed E-state index contributed by atoms with van der Waals surface area (Å²) < 4.78 is 0. The molecule has 3 heterocycles. The molecule has 176 valence electrons. The number of carbonyl (C=O) groups is 3. The first-order valence-corrected chi connectivity index (χ1v) is 12.3. The molecule has 2 amide bonds. The zero-order valence-electron chi connectivity index (χ0n) is 20.2. The number of carbonyl (C=O) groups excluding carboxylic acids is 3. The summed E-state index contributed by atoms with van der Waals surface area (Å²) in [7, 11) is 0. The van der Waals surface area contributed by atoms with Crippen molar-refractivity contribution in [3.8, 4) is 0 Å². The number of benzene rings is 2. The number of rotatable bonds is 3. The zero-order valence-corrected chi connectivity index (χ0v) is 20.2. The number of ketones is 1. The Hall–Kier alpha value is -3.73. The first kappa shape index (κ1) is 21.8. The van der Waals surface area contributed by atoms with Gasteiger partial charge in [-0.15, -0.1) is 0 Å². The van der Waals surface area contributed by atoms with Gasteiger partial charge in [-0.3, -0.25) is 14.4 Å². The normalized spacial score (nSPS) is 26.8. The van der Waals surface area contributed by atoms with Crippen LogP contribution >= 0.6 is 0 Å². The largest absolute Gasteiger partial charge is 0.358 e. The van der Waals surface area contributed by atoms with Crippen molar-refractivity contribution in [2.24, 2.45) is 11.8 Å². The molecule has 0 aromatic heterocycles. The number of nitrogens with zero attached hydrogens (tertiary/aromatic N) is 2. The fourth-order valence-corrected chi connectivity index (χ4v) is 6.10. The lowest BCUT2D eigenvalue weighted by Gasteiger charge is -2.37. The van der Waals surface area contributed by atoms with Crippen LogP contribution in [0.1, 0.15) is 39.9 Å². The molecule has 0 bridgehead atoms. The summed E-state index contributed by atoms with van der Waals surface area (Å²) in [6.07, 6.45) is 10.2. The Labute approximate surface area is 205 Å². The van der Waals surface area contributed by atoms with E-state index in [9.17, 15) is 14.4 Å². The van der Waals surface area contributed by atoms with Gasteiger partial charge in [0.25, 0.3) is 0 Å². The average molecular weight is 465 g/mol. The topological polar surface area (TPSA) is 57.7 Å². The van der Waals surface area contributed by atoms with E-state index in [0.29, 0.717) is 11.3 Å². The molecule has 6 rings (SSSR count). The van der Waals surface area contributed by atoms with Crippen LogP contribution in [0.2, 0.25) is 0 Å². The third-order valence-corrected chi connectivity index (χ3v) is 8.05. The highest BCUT2D eigenvalue weighted by molar-refractivity contribution is 6.24. The number of hydrogen-bond acceptors (Lipinski definition) is 4. The van der Waals surface area contributed by atoms with Crippen LogP contribution in [-0.2, 0) is 9.59 Å². The van der Waals surface area contributed by atoms with Crippen LogP contribution in [0.4, 0.5) is 5.69 Å². The number of imide groups is 1. The lowest BCUT2D eigenvalue weighted by Crippen LogP contribution is -2.47. The van der Waals surface area contributed by atoms with E-state index in [1.54, 1.807) is 0 Å². The fourth-order valence-electron chi connectivity index (χ4n) is 6.10. The Morgan fingerprint density at radius 2 is 1.57 bits per heavy atom. The Morgan fingerprint density at radius 3 is 2.31 bits per heavy atom. The average Bonchev–Trinajstić information content (AvgIpc) is 3.33. The van der Waals surface area contributed by atoms with Crippen LogP contribution in [0.15, 0.2) is 78.0 Å². The van der Waals surface area contributed by atoms with Crippen LogP contribution in [0.3, 0.4) is 0 Å². The van der Waals surface area contributed by atoms with Crippen molar-refractivity contribution in [1.82, 2.24) is 4.90 Å².